The van der Waals surface area contributed by atoms with E-state index in [0.29, 0.717) is 78.1 Å². The van der Waals surface area contributed by atoms with Crippen LogP contribution >= 0.6 is 0 Å². The first-order valence-electron chi connectivity index (χ1n) is 9.95. The van der Waals surface area contributed by atoms with Crippen molar-refractivity contribution in [3.63, 3.8) is 0 Å². The number of rotatable bonds is 3. The third-order valence-electron chi connectivity index (χ3n) is 4.85. The molecule has 0 bridgehead atoms. The van der Waals surface area contributed by atoms with Crippen LogP contribution in [-0.2, 0) is 9.47 Å². The van der Waals surface area contributed by atoms with E-state index in [0.717, 1.165) is 0 Å². The Bertz CT molecular complexity index is 1100. The molecule has 0 radical (unpaired) electrons. The second-order valence-electron chi connectivity index (χ2n) is 6.75. The second kappa shape index (κ2) is 9.72. The Morgan fingerprint density at radius 1 is 0.774 bits per heavy atom. The SMILES string of the molecule is COc1ccc(-c2cc3ccc4c(c3oc2=O)OCCOCCOCCO4)cc1OC. The zero-order chi connectivity index (χ0) is 21.6. The molecule has 31 heavy (non-hydrogen) atoms. The Labute approximate surface area is 179 Å². The van der Waals surface area contributed by atoms with Gasteiger partial charge in [-0.3, -0.25) is 0 Å². The van der Waals surface area contributed by atoms with Crippen molar-refractivity contribution in [3.8, 4) is 34.1 Å². The predicted molar refractivity (Wildman–Crippen MR) is 114 cm³/mol. The van der Waals surface area contributed by atoms with Crippen LogP contribution in [-0.4, -0.2) is 53.9 Å². The monoisotopic (exact) mass is 428 g/mol. The zero-order valence-electron chi connectivity index (χ0n) is 17.5. The van der Waals surface area contributed by atoms with Gasteiger partial charge in [-0.25, -0.2) is 4.79 Å². The molecular weight excluding hydrogens is 404 g/mol. The first kappa shape index (κ1) is 21.0. The van der Waals surface area contributed by atoms with Gasteiger partial charge in [-0.1, -0.05) is 6.07 Å². The first-order valence-corrected chi connectivity index (χ1v) is 9.95. The second-order valence-corrected chi connectivity index (χ2v) is 6.75. The molecule has 0 unspecified atom stereocenters. The normalized spacial score (nSPS) is 15.0. The van der Waals surface area contributed by atoms with Crippen LogP contribution in [0.1, 0.15) is 0 Å². The number of ether oxygens (including phenoxy) is 6. The van der Waals surface area contributed by atoms with Crippen LogP contribution in [0, 0.1) is 0 Å². The van der Waals surface area contributed by atoms with Gasteiger partial charge in [0.2, 0.25) is 5.75 Å². The lowest BCUT2D eigenvalue weighted by Crippen LogP contribution is -2.16. The fourth-order valence-corrected chi connectivity index (χ4v) is 3.33. The average molecular weight is 428 g/mol. The van der Waals surface area contributed by atoms with Crippen molar-refractivity contribution in [2.24, 2.45) is 0 Å². The van der Waals surface area contributed by atoms with E-state index in [-0.39, 0.29) is 6.61 Å². The van der Waals surface area contributed by atoms with E-state index >= 15 is 0 Å². The maximum absolute atomic E-state index is 12.9. The fraction of sp³-hybridized carbons (Fsp3) is 0.348. The molecule has 0 saturated carbocycles. The Hall–Kier alpha value is -3.23. The van der Waals surface area contributed by atoms with Crippen LogP contribution in [0.3, 0.4) is 0 Å². The Kier molecular flexibility index (Phi) is 6.59. The topological polar surface area (TPSA) is 85.6 Å². The minimum Gasteiger partial charge on any atom is -0.493 e. The van der Waals surface area contributed by atoms with Crippen LogP contribution in [0.2, 0.25) is 0 Å². The first-order chi connectivity index (χ1) is 15.2. The number of fused-ring (bicyclic) bond motifs is 3. The summed E-state index contributed by atoms with van der Waals surface area (Å²) in [4.78, 5) is 12.9. The van der Waals surface area contributed by atoms with Crippen molar-refractivity contribution in [1.82, 2.24) is 0 Å². The molecule has 0 saturated heterocycles. The molecule has 0 atom stereocenters. The molecular formula is C23H24O8. The van der Waals surface area contributed by atoms with E-state index in [1.807, 2.05) is 6.07 Å². The van der Waals surface area contributed by atoms with Gasteiger partial charge >= 0.3 is 5.63 Å². The summed E-state index contributed by atoms with van der Waals surface area (Å²) in [6, 6.07) is 10.7. The van der Waals surface area contributed by atoms with Gasteiger partial charge < -0.3 is 32.8 Å². The van der Waals surface area contributed by atoms with Gasteiger partial charge in [0.1, 0.15) is 13.2 Å². The maximum Gasteiger partial charge on any atom is 0.344 e. The van der Waals surface area contributed by atoms with Crippen molar-refractivity contribution in [2.75, 3.05) is 53.9 Å². The quantitative estimate of drug-likeness (QED) is 0.588. The summed E-state index contributed by atoms with van der Waals surface area (Å²) < 4.78 is 38.9. The van der Waals surface area contributed by atoms with Crippen molar-refractivity contribution < 1.29 is 32.8 Å². The highest BCUT2D eigenvalue weighted by molar-refractivity contribution is 5.88. The van der Waals surface area contributed by atoms with Gasteiger partial charge in [0.05, 0.1) is 46.2 Å². The predicted octanol–water partition coefficient (Wildman–Crippen LogP) is 3.28. The third kappa shape index (κ3) is 4.60. The summed E-state index contributed by atoms with van der Waals surface area (Å²) in [5.41, 5.74) is 0.884. The van der Waals surface area contributed by atoms with Crippen LogP contribution in [0.5, 0.6) is 23.0 Å². The zero-order valence-corrected chi connectivity index (χ0v) is 17.5. The molecule has 164 valence electrons. The average Bonchev–Trinajstić information content (AvgIpc) is 2.78. The molecule has 0 spiro atoms. The summed E-state index contributed by atoms with van der Waals surface area (Å²) in [5.74, 6) is 1.96. The minimum absolute atomic E-state index is 0.288. The van der Waals surface area contributed by atoms with Gasteiger partial charge in [0, 0.05) is 5.39 Å². The highest BCUT2D eigenvalue weighted by Crippen LogP contribution is 2.37. The van der Waals surface area contributed by atoms with Gasteiger partial charge in [-0.15, -0.1) is 0 Å². The van der Waals surface area contributed by atoms with Crippen LogP contribution in [0.25, 0.3) is 22.1 Å². The van der Waals surface area contributed by atoms with E-state index in [2.05, 4.69) is 0 Å². The van der Waals surface area contributed by atoms with E-state index in [1.165, 1.54) is 0 Å². The molecule has 0 aliphatic carbocycles. The van der Waals surface area contributed by atoms with E-state index in [4.69, 9.17) is 32.8 Å². The number of benzene rings is 2. The summed E-state index contributed by atoms with van der Waals surface area (Å²) in [6.07, 6.45) is 0. The van der Waals surface area contributed by atoms with Crippen molar-refractivity contribution in [3.05, 3.63) is 46.8 Å². The van der Waals surface area contributed by atoms with Gasteiger partial charge in [0.25, 0.3) is 0 Å². The summed E-state index contributed by atoms with van der Waals surface area (Å²) in [6.45, 7) is 2.42. The molecule has 0 fully saturated rings. The van der Waals surface area contributed by atoms with Crippen LogP contribution < -0.4 is 24.6 Å². The van der Waals surface area contributed by atoms with Crippen LogP contribution in [0.4, 0.5) is 0 Å². The van der Waals surface area contributed by atoms with E-state index < -0.39 is 5.63 Å². The summed E-state index contributed by atoms with van der Waals surface area (Å²) >= 11 is 0. The van der Waals surface area contributed by atoms with Crippen LogP contribution in [0.15, 0.2) is 45.6 Å². The van der Waals surface area contributed by atoms with Gasteiger partial charge in [-0.05, 0) is 35.9 Å². The fourth-order valence-electron chi connectivity index (χ4n) is 3.33. The lowest BCUT2D eigenvalue weighted by Gasteiger charge is -2.16. The Morgan fingerprint density at radius 2 is 1.48 bits per heavy atom. The molecule has 8 heteroatoms. The highest BCUT2D eigenvalue weighted by Gasteiger charge is 2.18. The Morgan fingerprint density at radius 3 is 2.23 bits per heavy atom. The maximum atomic E-state index is 12.9. The standard InChI is InChI=1S/C23H24O8/c1-25-18-5-3-15(14-20(18)26-2)17-13-16-4-6-19-22(21(16)31-23(17)24)30-12-10-28-8-7-27-9-11-29-19/h3-6,13-14H,7-12H2,1-2H3. The molecule has 1 aliphatic heterocycles. The van der Waals surface area contributed by atoms with Crippen molar-refractivity contribution >= 4 is 11.0 Å². The summed E-state index contributed by atoms with van der Waals surface area (Å²) in [7, 11) is 3.10. The number of hydrogen-bond donors (Lipinski definition) is 0. The summed E-state index contributed by atoms with van der Waals surface area (Å²) in [5, 5.41) is 0.705. The number of hydrogen-bond acceptors (Lipinski definition) is 8. The lowest BCUT2D eigenvalue weighted by atomic mass is 10.0. The van der Waals surface area contributed by atoms with Gasteiger partial charge in [0.15, 0.2) is 22.8 Å². The number of methoxy groups -OCH3 is 2. The molecule has 8 nitrogen and oxygen atoms in total. The minimum atomic E-state index is -0.498. The van der Waals surface area contributed by atoms with Crippen molar-refractivity contribution in [1.29, 1.82) is 0 Å². The van der Waals surface area contributed by atoms with Crippen molar-refractivity contribution in [2.45, 2.75) is 0 Å². The molecule has 0 amide bonds. The third-order valence-corrected chi connectivity index (χ3v) is 4.85. The lowest BCUT2D eigenvalue weighted by molar-refractivity contribution is 0.0224. The van der Waals surface area contributed by atoms with Gasteiger partial charge in [-0.2, -0.15) is 0 Å². The molecule has 0 N–H and O–H groups in total. The smallest absolute Gasteiger partial charge is 0.344 e. The largest absolute Gasteiger partial charge is 0.493 e. The molecule has 2 heterocycles. The molecule has 4 rings (SSSR count). The molecule has 2 aromatic carbocycles. The van der Waals surface area contributed by atoms with E-state index in [1.54, 1.807) is 44.6 Å². The molecule has 1 aromatic heterocycles. The Balaban J connectivity index is 1.76. The molecule has 3 aromatic rings. The van der Waals surface area contributed by atoms with E-state index in [9.17, 15) is 4.79 Å². The molecule has 1 aliphatic rings. The highest BCUT2D eigenvalue weighted by atomic mass is 16.6.